The lowest BCUT2D eigenvalue weighted by atomic mass is 9.79. The van der Waals surface area contributed by atoms with Crippen LogP contribution in [0.1, 0.15) is 24.0 Å². The Kier molecular flexibility index (Phi) is 4.12. The van der Waals surface area contributed by atoms with Crippen LogP contribution in [-0.4, -0.2) is 48.2 Å². The van der Waals surface area contributed by atoms with Crippen LogP contribution in [0.2, 0.25) is 5.02 Å². The molecule has 0 bridgehead atoms. The zero-order chi connectivity index (χ0) is 17.6. The third-order valence-electron chi connectivity index (χ3n) is 5.31. The molecule has 1 saturated carbocycles. The minimum Gasteiger partial charge on any atom is -0.447 e. The number of amides is 2. The van der Waals surface area contributed by atoms with Gasteiger partial charge in [-0.05, 0) is 37.0 Å². The number of hydrogen-bond acceptors (Lipinski definition) is 4. The molecular weight excluding hydrogens is 344 g/mol. The highest BCUT2D eigenvalue weighted by molar-refractivity contribution is 6.31. The van der Waals surface area contributed by atoms with Crippen molar-refractivity contribution >= 4 is 23.6 Å². The third kappa shape index (κ3) is 3.20. The maximum Gasteiger partial charge on any atom is 0.407 e. The van der Waals surface area contributed by atoms with Gasteiger partial charge in [-0.15, -0.1) is 0 Å². The molecule has 2 heterocycles. The van der Waals surface area contributed by atoms with E-state index in [9.17, 15) is 9.59 Å². The molecule has 3 aliphatic rings. The molecule has 7 heteroatoms. The third-order valence-corrected chi connectivity index (χ3v) is 5.72. The fourth-order valence-corrected chi connectivity index (χ4v) is 3.81. The second-order valence-corrected chi connectivity index (χ2v) is 7.77. The maximum absolute atomic E-state index is 12.4. The first-order valence-electron chi connectivity index (χ1n) is 8.54. The van der Waals surface area contributed by atoms with Crippen LogP contribution in [-0.2, 0) is 20.9 Å². The number of cyclic esters (lactones) is 1. The second kappa shape index (κ2) is 6.18. The summed E-state index contributed by atoms with van der Waals surface area (Å²) >= 11 is 6.12. The van der Waals surface area contributed by atoms with Crippen LogP contribution in [0, 0.1) is 12.8 Å². The predicted octanol–water partition coefficient (Wildman–Crippen LogP) is 2.26. The van der Waals surface area contributed by atoms with Crippen LogP contribution < -0.4 is 5.32 Å². The van der Waals surface area contributed by atoms with Gasteiger partial charge in [-0.2, -0.15) is 0 Å². The van der Waals surface area contributed by atoms with E-state index in [2.05, 4.69) is 5.32 Å². The van der Waals surface area contributed by atoms with Gasteiger partial charge in [-0.1, -0.05) is 23.7 Å². The molecule has 134 valence electrons. The number of carbonyl (C=O) groups is 2. The van der Waals surface area contributed by atoms with Gasteiger partial charge < -0.3 is 19.7 Å². The molecular formula is C18H21ClN2O4. The van der Waals surface area contributed by atoms with Crippen LogP contribution in [0.25, 0.3) is 0 Å². The number of aryl methyl sites for hydroxylation is 1. The smallest absolute Gasteiger partial charge is 0.407 e. The number of ether oxygens (including phenoxy) is 2. The van der Waals surface area contributed by atoms with Gasteiger partial charge in [0.05, 0.1) is 12.7 Å². The summed E-state index contributed by atoms with van der Waals surface area (Å²) in [5, 5.41) is 3.54. The molecule has 1 N–H and O–H groups in total. The van der Waals surface area contributed by atoms with E-state index in [1.807, 2.05) is 25.1 Å². The normalized spacial score (nSPS) is 26.6. The van der Waals surface area contributed by atoms with Crippen LogP contribution in [0.4, 0.5) is 4.79 Å². The van der Waals surface area contributed by atoms with Crippen molar-refractivity contribution in [3.05, 3.63) is 34.3 Å². The first-order chi connectivity index (χ1) is 11.9. The molecule has 4 rings (SSSR count). The largest absolute Gasteiger partial charge is 0.447 e. The van der Waals surface area contributed by atoms with Gasteiger partial charge in [-0.25, -0.2) is 4.79 Å². The molecule has 0 atom stereocenters. The average Bonchev–Trinajstić information content (AvgIpc) is 2.90. The number of benzene rings is 1. The van der Waals surface area contributed by atoms with Gasteiger partial charge in [0.15, 0.2) is 0 Å². The summed E-state index contributed by atoms with van der Waals surface area (Å²) in [6, 6.07) is 5.93. The number of likely N-dealkylation sites (tertiary alicyclic amines) is 1. The van der Waals surface area contributed by atoms with E-state index >= 15 is 0 Å². The van der Waals surface area contributed by atoms with E-state index in [0.717, 1.165) is 29.0 Å². The Balaban J connectivity index is 1.20. The minimum absolute atomic E-state index is 0.0296. The molecule has 1 aromatic carbocycles. The van der Waals surface area contributed by atoms with Gasteiger partial charge in [0.2, 0.25) is 5.91 Å². The number of hydrogen-bond donors (Lipinski definition) is 1. The van der Waals surface area contributed by atoms with Crippen molar-refractivity contribution in [2.24, 2.45) is 5.92 Å². The Bertz CT molecular complexity index is 711. The summed E-state index contributed by atoms with van der Waals surface area (Å²) in [4.78, 5) is 25.4. The highest BCUT2D eigenvalue weighted by atomic mass is 35.5. The molecule has 0 aromatic heterocycles. The van der Waals surface area contributed by atoms with Gasteiger partial charge in [-0.3, -0.25) is 4.79 Å². The molecule has 2 aliphatic heterocycles. The summed E-state index contributed by atoms with van der Waals surface area (Å²) < 4.78 is 10.8. The van der Waals surface area contributed by atoms with Crippen molar-refractivity contribution in [1.29, 1.82) is 0 Å². The highest BCUT2D eigenvalue weighted by Crippen LogP contribution is 2.35. The van der Waals surface area contributed by atoms with Gasteiger partial charge in [0, 0.05) is 24.0 Å². The molecule has 6 nitrogen and oxygen atoms in total. The lowest BCUT2D eigenvalue weighted by Gasteiger charge is -2.48. The van der Waals surface area contributed by atoms with Crippen molar-refractivity contribution in [1.82, 2.24) is 10.2 Å². The van der Waals surface area contributed by atoms with Crippen LogP contribution in [0.5, 0.6) is 0 Å². The molecule has 0 unspecified atom stereocenters. The van der Waals surface area contributed by atoms with Crippen molar-refractivity contribution in [2.75, 3.05) is 19.7 Å². The van der Waals surface area contributed by atoms with Gasteiger partial charge in [0.1, 0.15) is 12.1 Å². The summed E-state index contributed by atoms with van der Waals surface area (Å²) in [5.74, 6) is 0.187. The molecule has 1 aromatic rings. The van der Waals surface area contributed by atoms with Crippen molar-refractivity contribution in [3.63, 3.8) is 0 Å². The predicted molar refractivity (Wildman–Crippen MR) is 91.3 cm³/mol. The minimum atomic E-state index is -0.389. The van der Waals surface area contributed by atoms with E-state index in [4.69, 9.17) is 21.1 Å². The number of nitrogens with one attached hydrogen (secondary N) is 1. The van der Waals surface area contributed by atoms with E-state index < -0.39 is 0 Å². The zero-order valence-corrected chi connectivity index (χ0v) is 14.8. The molecule has 1 spiro atoms. The van der Waals surface area contributed by atoms with Crippen molar-refractivity contribution in [2.45, 2.75) is 38.0 Å². The number of nitrogens with zero attached hydrogens (tertiary/aromatic N) is 1. The molecule has 25 heavy (non-hydrogen) atoms. The summed E-state index contributed by atoms with van der Waals surface area (Å²) in [7, 11) is 0. The Morgan fingerprint density at radius 2 is 2.20 bits per heavy atom. The van der Waals surface area contributed by atoms with Crippen molar-refractivity contribution < 1.29 is 19.1 Å². The first kappa shape index (κ1) is 16.7. The van der Waals surface area contributed by atoms with E-state index in [1.54, 1.807) is 4.90 Å². The van der Waals surface area contributed by atoms with Gasteiger partial charge in [0.25, 0.3) is 0 Å². The van der Waals surface area contributed by atoms with Crippen LogP contribution in [0.15, 0.2) is 18.2 Å². The first-order valence-corrected chi connectivity index (χ1v) is 8.92. The highest BCUT2D eigenvalue weighted by Gasteiger charge is 2.53. The lowest BCUT2D eigenvalue weighted by molar-refractivity contribution is -0.153. The van der Waals surface area contributed by atoms with Crippen LogP contribution in [0.3, 0.4) is 0 Å². The monoisotopic (exact) mass is 364 g/mol. The Hall–Kier alpha value is -1.79. The number of rotatable bonds is 4. The number of carbonyl (C=O) groups excluding carboxylic acids is 2. The lowest BCUT2D eigenvalue weighted by Crippen LogP contribution is -2.71. The van der Waals surface area contributed by atoms with E-state index in [1.165, 1.54) is 0 Å². The topological polar surface area (TPSA) is 67.9 Å². The SMILES string of the molecule is Cc1ccc(CO[C@H]2C[C@@H](C(=O)N3CC4(COC(=O)N4)C3)C2)cc1Cl. The van der Waals surface area contributed by atoms with Gasteiger partial charge >= 0.3 is 6.09 Å². The Morgan fingerprint density at radius 3 is 2.84 bits per heavy atom. The standard InChI is InChI=1S/C18H21ClN2O4/c1-11-2-3-12(4-15(11)19)7-24-14-5-13(6-14)16(22)21-8-18(9-21)10-25-17(23)20-18/h2-4,13-14H,5-10H2,1H3,(H,20,23)/t13-,14+. The summed E-state index contributed by atoms with van der Waals surface area (Å²) in [6.07, 6.45) is 1.24. The Morgan fingerprint density at radius 1 is 1.44 bits per heavy atom. The summed E-state index contributed by atoms with van der Waals surface area (Å²) in [5.41, 5.74) is 1.75. The van der Waals surface area contributed by atoms with E-state index in [-0.39, 0.29) is 29.6 Å². The second-order valence-electron chi connectivity index (χ2n) is 7.36. The number of halogens is 1. The zero-order valence-electron chi connectivity index (χ0n) is 14.1. The fourth-order valence-electron chi connectivity index (χ4n) is 3.60. The van der Waals surface area contributed by atoms with Crippen LogP contribution >= 0.6 is 11.6 Å². The number of alkyl carbamates (subject to hydrolysis) is 1. The summed E-state index contributed by atoms with van der Waals surface area (Å²) in [6.45, 7) is 3.92. The molecule has 1 aliphatic carbocycles. The Labute approximate surface area is 151 Å². The maximum atomic E-state index is 12.4. The molecule has 2 saturated heterocycles. The quantitative estimate of drug-likeness (QED) is 0.889. The molecule has 2 amide bonds. The molecule has 3 fully saturated rings. The average molecular weight is 365 g/mol. The fraction of sp³-hybridized carbons (Fsp3) is 0.556. The van der Waals surface area contributed by atoms with E-state index in [0.29, 0.717) is 26.3 Å². The van der Waals surface area contributed by atoms with Crippen molar-refractivity contribution in [3.8, 4) is 0 Å². The molecule has 0 radical (unpaired) electrons.